The van der Waals surface area contributed by atoms with E-state index in [1.165, 1.54) is 11.8 Å². The molecule has 0 aliphatic rings. The molecule has 1 aromatic heterocycles. The number of thioether (sulfide) groups is 1. The number of alkyl halides is 3. The first-order valence-electron chi connectivity index (χ1n) is 7.72. The zero-order chi connectivity index (χ0) is 18.2. The van der Waals surface area contributed by atoms with Gasteiger partial charge in [0.15, 0.2) is 4.34 Å². The molecular weight excluding hydrogens is 361 g/mol. The van der Waals surface area contributed by atoms with E-state index < -0.39 is 12.7 Å². The van der Waals surface area contributed by atoms with Gasteiger partial charge in [0.05, 0.1) is 5.75 Å². The van der Waals surface area contributed by atoms with E-state index in [9.17, 15) is 18.0 Å². The average Bonchev–Trinajstić information content (AvgIpc) is 2.90. The van der Waals surface area contributed by atoms with E-state index in [-0.39, 0.29) is 22.8 Å². The topological polar surface area (TPSA) is 66.9 Å². The molecule has 0 fully saturated rings. The molecule has 138 valence electrons. The highest BCUT2D eigenvalue weighted by Gasteiger charge is 2.27. The van der Waals surface area contributed by atoms with Crippen LogP contribution in [0.4, 0.5) is 18.3 Å². The number of hydrogen-bond acceptors (Lipinski definition) is 6. The number of halogens is 3. The summed E-state index contributed by atoms with van der Waals surface area (Å²) in [4.78, 5) is 11.8. The summed E-state index contributed by atoms with van der Waals surface area (Å²) >= 11 is 2.17. The van der Waals surface area contributed by atoms with Crippen LogP contribution in [0, 0.1) is 5.92 Å². The summed E-state index contributed by atoms with van der Waals surface area (Å²) in [7, 11) is 0. The first-order valence-corrected chi connectivity index (χ1v) is 9.52. The Kier molecular flexibility index (Phi) is 8.82. The normalized spacial score (nSPS) is 13.1. The molecule has 10 heteroatoms. The van der Waals surface area contributed by atoms with Gasteiger partial charge >= 0.3 is 6.18 Å². The first-order chi connectivity index (χ1) is 11.2. The van der Waals surface area contributed by atoms with Crippen LogP contribution in [0.2, 0.25) is 0 Å². The average molecular weight is 384 g/mol. The molecule has 0 radical (unpaired) electrons. The van der Waals surface area contributed by atoms with Gasteiger partial charge in [-0.2, -0.15) is 13.2 Å². The minimum atomic E-state index is -4.30. The van der Waals surface area contributed by atoms with Gasteiger partial charge in [0.25, 0.3) is 0 Å². The number of carbonyl (C=O) groups is 1. The maximum atomic E-state index is 12.1. The zero-order valence-corrected chi connectivity index (χ0v) is 15.6. The smallest absolute Gasteiger partial charge is 0.353 e. The largest absolute Gasteiger partial charge is 0.405 e. The molecule has 0 spiro atoms. The molecule has 0 aliphatic carbocycles. The molecule has 0 bridgehead atoms. The highest BCUT2D eigenvalue weighted by atomic mass is 32.2. The third-order valence-electron chi connectivity index (χ3n) is 3.00. The predicted molar refractivity (Wildman–Crippen MR) is 91.5 cm³/mol. The van der Waals surface area contributed by atoms with E-state index in [2.05, 4.69) is 34.7 Å². The minimum Gasteiger partial charge on any atom is -0.353 e. The number of rotatable bonds is 10. The van der Waals surface area contributed by atoms with Gasteiger partial charge in [0.1, 0.15) is 6.54 Å². The van der Waals surface area contributed by atoms with Gasteiger partial charge in [-0.1, -0.05) is 49.8 Å². The number of hydrogen-bond donors (Lipinski definition) is 2. The Morgan fingerprint density at radius 2 is 1.96 bits per heavy atom. The summed E-state index contributed by atoms with van der Waals surface area (Å²) in [5.41, 5.74) is 0. The van der Waals surface area contributed by atoms with Crippen LogP contribution in [0.3, 0.4) is 0 Å². The van der Waals surface area contributed by atoms with Crippen LogP contribution in [0.15, 0.2) is 4.34 Å². The highest BCUT2D eigenvalue weighted by molar-refractivity contribution is 8.01. The fourth-order valence-corrected chi connectivity index (χ4v) is 3.42. The van der Waals surface area contributed by atoms with Gasteiger partial charge in [0.2, 0.25) is 11.0 Å². The van der Waals surface area contributed by atoms with Gasteiger partial charge in [-0.05, 0) is 19.3 Å². The molecule has 0 aliphatic heterocycles. The molecule has 1 amide bonds. The molecular formula is C14H23F3N4OS2. The second-order valence-electron chi connectivity index (χ2n) is 5.92. The first kappa shape index (κ1) is 21.0. The van der Waals surface area contributed by atoms with Crippen molar-refractivity contribution in [3.8, 4) is 0 Å². The van der Waals surface area contributed by atoms with Gasteiger partial charge in [-0.3, -0.25) is 4.79 Å². The Hall–Kier alpha value is -1.03. The van der Waals surface area contributed by atoms with Crippen LogP contribution in [0.25, 0.3) is 0 Å². The molecule has 5 nitrogen and oxygen atoms in total. The van der Waals surface area contributed by atoms with Crippen molar-refractivity contribution in [1.82, 2.24) is 15.5 Å². The molecule has 0 saturated carbocycles. The Balaban J connectivity index is 2.25. The Labute approximate surface area is 148 Å². The lowest BCUT2D eigenvalue weighted by molar-refractivity contribution is -0.119. The molecule has 2 N–H and O–H groups in total. The molecule has 1 aromatic rings. The van der Waals surface area contributed by atoms with Crippen molar-refractivity contribution in [2.45, 2.75) is 56.6 Å². The third kappa shape index (κ3) is 9.96. The van der Waals surface area contributed by atoms with Crippen LogP contribution in [0.5, 0.6) is 0 Å². The molecule has 1 heterocycles. The maximum Gasteiger partial charge on any atom is 0.405 e. The van der Waals surface area contributed by atoms with Crippen molar-refractivity contribution in [2.75, 3.05) is 17.6 Å². The number of carbonyl (C=O) groups excluding carboxylic acids is 1. The Morgan fingerprint density at radius 3 is 2.58 bits per heavy atom. The van der Waals surface area contributed by atoms with Crippen molar-refractivity contribution in [3.63, 3.8) is 0 Å². The van der Waals surface area contributed by atoms with E-state index in [1.54, 1.807) is 0 Å². The van der Waals surface area contributed by atoms with Crippen LogP contribution in [-0.4, -0.2) is 40.6 Å². The molecule has 1 rings (SSSR count). The second-order valence-corrected chi connectivity index (χ2v) is 8.12. The lowest BCUT2D eigenvalue weighted by Gasteiger charge is -2.14. The van der Waals surface area contributed by atoms with E-state index in [0.29, 0.717) is 10.3 Å². The highest BCUT2D eigenvalue weighted by Crippen LogP contribution is 2.26. The van der Waals surface area contributed by atoms with Crippen molar-refractivity contribution >= 4 is 34.1 Å². The van der Waals surface area contributed by atoms with Crippen LogP contribution in [0.1, 0.15) is 40.0 Å². The second kappa shape index (κ2) is 10.1. The van der Waals surface area contributed by atoms with Crippen molar-refractivity contribution in [1.29, 1.82) is 0 Å². The van der Waals surface area contributed by atoms with E-state index >= 15 is 0 Å². The standard InChI is InChI=1S/C14H23F3N4OS2/c1-9(2)5-4-6-10(3)19-11(22)7-23-13-21-20-12(24-13)18-8-14(15,16)17/h9-10H,4-8H2,1-3H3,(H,18,20)(H,19,22). The third-order valence-corrected chi connectivity index (χ3v) is 5.01. The monoisotopic (exact) mass is 384 g/mol. The molecule has 1 unspecified atom stereocenters. The fraction of sp³-hybridized carbons (Fsp3) is 0.786. The summed E-state index contributed by atoms with van der Waals surface area (Å²) in [5, 5.41) is 12.5. The summed E-state index contributed by atoms with van der Waals surface area (Å²) in [6, 6.07) is 0.107. The fourth-order valence-electron chi connectivity index (χ4n) is 1.86. The van der Waals surface area contributed by atoms with E-state index in [0.717, 1.165) is 30.6 Å². The van der Waals surface area contributed by atoms with Crippen LogP contribution >= 0.6 is 23.1 Å². The Morgan fingerprint density at radius 1 is 1.25 bits per heavy atom. The maximum absolute atomic E-state index is 12.1. The lowest BCUT2D eigenvalue weighted by atomic mass is 10.0. The predicted octanol–water partition coefficient (Wildman–Crippen LogP) is 3.94. The van der Waals surface area contributed by atoms with Crippen molar-refractivity contribution in [2.24, 2.45) is 5.92 Å². The van der Waals surface area contributed by atoms with Crippen LogP contribution < -0.4 is 10.6 Å². The summed E-state index contributed by atoms with van der Waals surface area (Å²) in [6.45, 7) is 5.15. The summed E-state index contributed by atoms with van der Waals surface area (Å²) in [5.74, 6) is 0.709. The molecule has 0 saturated heterocycles. The summed E-state index contributed by atoms with van der Waals surface area (Å²) < 4.78 is 36.7. The van der Waals surface area contributed by atoms with Gasteiger partial charge in [-0.25, -0.2) is 0 Å². The van der Waals surface area contributed by atoms with Gasteiger partial charge in [0, 0.05) is 6.04 Å². The van der Waals surface area contributed by atoms with E-state index in [1.807, 2.05) is 6.92 Å². The minimum absolute atomic E-state index is 0.0947. The van der Waals surface area contributed by atoms with Gasteiger partial charge in [-0.15, -0.1) is 10.2 Å². The van der Waals surface area contributed by atoms with Gasteiger partial charge < -0.3 is 10.6 Å². The number of nitrogens with one attached hydrogen (secondary N) is 2. The lowest BCUT2D eigenvalue weighted by Crippen LogP contribution is -2.33. The zero-order valence-electron chi connectivity index (χ0n) is 13.9. The number of aromatic nitrogens is 2. The van der Waals surface area contributed by atoms with E-state index in [4.69, 9.17) is 0 Å². The van der Waals surface area contributed by atoms with Crippen molar-refractivity contribution < 1.29 is 18.0 Å². The molecule has 0 aromatic carbocycles. The van der Waals surface area contributed by atoms with Crippen LogP contribution in [-0.2, 0) is 4.79 Å². The summed E-state index contributed by atoms with van der Waals surface area (Å²) in [6.07, 6.45) is -1.17. The Bertz CT molecular complexity index is 508. The number of nitrogens with zero attached hydrogens (tertiary/aromatic N) is 2. The van der Waals surface area contributed by atoms with Crippen molar-refractivity contribution in [3.05, 3.63) is 0 Å². The molecule has 24 heavy (non-hydrogen) atoms. The number of amides is 1. The molecule has 1 atom stereocenters. The SMILES string of the molecule is CC(C)CCCC(C)NC(=O)CSc1nnc(NCC(F)(F)F)s1. The number of anilines is 1. The quantitative estimate of drug-likeness (QED) is 0.598.